The maximum Gasteiger partial charge on any atom is 0.374 e. The molecule has 0 aliphatic carbocycles. The van der Waals surface area contributed by atoms with Crippen molar-refractivity contribution in [2.75, 3.05) is 6.61 Å². The van der Waals surface area contributed by atoms with Gasteiger partial charge in [-0.3, -0.25) is 9.59 Å². The van der Waals surface area contributed by atoms with Crippen molar-refractivity contribution in [3.63, 3.8) is 0 Å². The highest BCUT2D eigenvalue weighted by Gasteiger charge is 2.30. The summed E-state index contributed by atoms with van der Waals surface area (Å²) < 4.78 is 10.3. The van der Waals surface area contributed by atoms with Gasteiger partial charge in [0, 0.05) is 6.07 Å². The minimum absolute atomic E-state index is 0.130. The lowest BCUT2D eigenvalue weighted by molar-refractivity contribution is -0.125. The number of benzene rings is 1. The van der Waals surface area contributed by atoms with Crippen LogP contribution in [0.25, 0.3) is 11.0 Å². The molecule has 0 radical (unpaired) electrons. The molecule has 0 spiro atoms. The fourth-order valence-corrected chi connectivity index (χ4v) is 2.20. The Morgan fingerprint density at radius 1 is 1.35 bits per heavy atom. The summed E-state index contributed by atoms with van der Waals surface area (Å²) in [4.78, 5) is 36.1. The molecule has 2 aromatic rings. The topological polar surface area (TPSA) is 109 Å². The van der Waals surface area contributed by atoms with Gasteiger partial charge in [-0.25, -0.2) is 4.79 Å². The Labute approximate surface area is 150 Å². The Bertz CT molecular complexity index is 955. The van der Waals surface area contributed by atoms with E-state index in [4.69, 9.17) is 9.15 Å². The molecule has 0 aliphatic rings. The van der Waals surface area contributed by atoms with Crippen LogP contribution in [0.15, 0.2) is 33.5 Å². The molecule has 0 fully saturated rings. The van der Waals surface area contributed by atoms with E-state index in [-0.39, 0.29) is 22.7 Å². The lowest BCUT2D eigenvalue weighted by atomic mass is 9.90. The molecule has 7 heteroatoms. The molecular formula is C19H20N2O5. The average Bonchev–Trinajstić information content (AvgIpc) is 2.59. The van der Waals surface area contributed by atoms with Crippen LogP contribution in [0.2, 0.25) is 0 Å². The molecule has 1 atom stereocenters. The Morgan fingerprint density at radius 3 is 2.65 bits per heavy atom. The largest absolute Gasteiger partial charge is 0.450 e. The van der Waals surface area contributed by atoms with E-state index in [1.165, 1.54) is 0 Å². The SMILES string of the molecule is Cc1ccc2oc(C(=O)OCC(=O)N[C@@](C)(C#N)C(C)C)cc(=O)c2c1. The second-order valence-corrected chi connectivity index (χ2v) is 6.57. The third-order valence-electron chi connectivity index (χ3n) is 4.20. The molecule has 26 heavy (non-hydrogen) atoms. The molecule has 1 N–H and O–H groups in total. The number of carbonyl (C=O) groups is 2. The summed E-state index contributed by atoms with van der Waals surface area (Å²) in [5.41, 5.74) is -0.293. The summed E-state index contributed by atoms with van der Waals surface area (Å²) >= 11 is 0. The van der Waals surface area contributed by atoms with Crippen molar-refractivity contribution >= 4 is 22.8 Å². The molecular weight excluding hydrogens is 336 g/mol. The highest BCUT2D eigenvalue weighted by molar-refractivity contribution is 5.91. The molecule has 1 aromatic carbocycles. The smallest absolute Gasteiger partial charge is 0.374 e. The average molecular weight is 356 g/mol. The van der Waals surface area contributed by atoms with Gasteiger partial charge in [0.2, 0.25) is 5.76 Å². The van der Waals surface area contributed by atoms with E-state index in [0.29, 0.717) is 5.39 Å². The number of ether oxygens (including phenoxy) is 1. The number of hydrogen-bond donors (Lipinski definition) is 1. The Hall–Kier alpha value is -3.14. The van der Waals surface area contributed by atoms with Crippen molar-refractivity contribution in [2.24, 2.45) is 5.92 Å². The fourth-order valence-electron chi connectivity index (χ4n) is 2.20. The molecule has 0 saturated carbocycles. The van der Waals surface area contributed by atoms with Crippen molar-refractivity contribution in [1.82, 2.24) is 5.32 Å². The molecule has 0 saturated heterocycles. The third-order valence-corrected chi connectivity index (χ3v) is 4.20. The first-order valence-corrected chi connectivity index (χ1v) is 8.10. The molecule has 7 nitrogen and oxygen atoms in total. The number of nitrogens with zero attached hydrogens (tertiary/aromatic N) is 1. The second kappa shape index (κ2) is 7.40. The summed E-state index contributed by atoms with van der Waals surface area (Å²) in [6.45, 7) is 6.42. The van der Waals surface area contributed by atoms with Crippen molar-refractivity contribution in [3.8, 4) is 6.07 Å². The van der Waals surface area contributed by atoms with E-state index >= 15 is 0 Å². The van der Waals surface area contributed by atoms with Gasteiger partial charge in [-0.05, 0) is 31.9 Å². The van der Waals surface area contributed by atoms with Crippen molar-refractivity contribution < 1.29 is 18.7 Å². The van der Waals surface area contributed by atoms with E-state index in [0.717, 1.165) is 11.6 Å². The van der Waals surface area contributed by atoms with Crippen LogP contribution in [0.1, 0.15) is 36.9 Å². The van der Waals surface area contributed by atoms with E-state index in [1.54, 1.807) is 39.0 Å². The zero-order chi connectivity index (χ0) is 19.5. The number of hydrogen-bond acceptors (Lipinski definition) is 6. The minimum Gasteiger partial charge on any atom is -0.450 e. The lowest BCUT2D eigenvalue weighted by Crippen LogP contribution is -2.50. The van der Waals surface area contributed by atoms with Gasteiger partial charge in [-0.2, -0.15) is 5.26 Å². The van der Waals surface area contributed by atoms with Gasteiger partial charge in [0.05, 0.1) is 11.5 Å². The van der Waals surface area contributed by atoms with Crippen LogP contribution >= 0.6 is 0 Å². The van der Waals surface area contributed by atoms with Crippen LogP contribution < -0.4 is 10.7 Å². The van der Waals surface area contributed by atoms with E-state index in [1.807, 2.05) is 13.0 Å². The predicted octanol–water partition coefficient (Wildman–Crippen LogP) is 2.31. The van der Waals surface area contributed by atoms with Crippen molar-refractivity contribution in [2.45, 2.75) is 33.2 Å². The first-order chi connectivity index (χ1) is 12.2. The molecule has 2 rings (SSSR count). The molecule has 0 aliphatic heterocycles. The Kier molecular flexibility index (Phi) is 5.46. The highest BCUT2D eigenvalue weighted by Crippen LogP contribution is 2.16. The zero-order valence-electron chi connectivity index (χ0n) is 15.1. The minimum atomic E-state index is -1.07. The number of esters is 1. The summed E-state index contributed by atoms with van der Waals surface area (Å²) in [7, 11) is 0. The number of nitrogens with one attached hydrogen (secondary N) is 1. The third kappa shape index (κ3) is 4.09. The van der Waals surface area contributed by atoms with Gasteiger partial charge in [-0.15, -0.1) is 0 Å². The van der Waals surface area contributed by atoms with Crippen LogP contribution in [0.4, 0.5) is 0 Å². The molecule has 0 bridgehead atoms. The first kappa shape index (κ1) is 19.2. The van der Waals surface area contributed by atoms with Crippen LogP contribution in [0.5, 0.6) is 0 Å². The van der Waals surface area contributed by atoms with Crippen LogP contribution in [-0.4, -0.2) is 24.0 Å². The fraction of sp³-hybridized carbons (Fsp3) is 0.368. The Morgan fingerprint density at radius 2 is 2.04 bits per heavy atom. The van der Waals surface area contributed by atoms with Gasteiger partial charge in [0.15, 0.2) is 12.0 Å². The first-order valence-electron chi connectivity index (χ1n) is 8.10. The molecule has 0 unspecified atom stereocenters. The summed E-state index contributed by atoms with van der Waals surface area (Å²) in [6, 6.07) is 8.08. The maximum absolute atomic E-state index is 12.1. The van der Waals surface area contributed by atoms with Gasteiger partial charge in [-0.1, -0.05) is 25.5 Å². The summed E-state index contributed by atoms with van der Waals surface area (Å²) in [5.74, 6) is -1.96. The quantitative estimate of drug-likeness (QED) is 0.823. The monoisotopic (exact) mass is 356 g/mol. The molecule has 1 heterocycles. The standard InChI is InChI=1S/C19H20N2O5/c1-11(2)19(4,10-20)21-17(23)9-25-18(24)16-8-14(22)13-7-12(3)5-6-15(13)26-16/h5-8,11H,9H2,1-4H3,(H,21,23)/t19-/m0/s1. The number of rotatable bonds is 5. The van der Waals surface area contributed by atoms with E-state index < -0.39 is 24.0 Å². The second-order valence-electron chi connectivity index (χ2n) is 6.57. The van der Waals surface area contributed by atoms with Gasteiger partial charge in [0.25, 0.3) is 5.91 Å². The summed E-state index contributed by atoms with van der Waals surface area (Å²) in [5, 5.41) is 12.1. The molecule has 1 aromatic heterocycles. The van der Waals surface area contributed by atoms with Crippen LogP contribution in [0, 0.1) is 24.2 Å². The number of carbonyl (C=O) groups excluding carboxylic acids is 2. The zero-order valence-corrected chi connectivity index (χ0v) is 15.1. The molecule has 136 valence electrons. The number of nitriles is 1. The maximum atomic E-state index is 12.1. The number of amides is 1. The van der Waals surface area contributed by atoms with Crippen molar-refractivity contribution in [3.05, 3.63) is 45.8 Å². The van der Waals surface area contributed by atoms with Gasteiger partial charge < -0.3 is 14.5 Å². The van der Waals surface area contributed by atoms with Crippen LogP contribution in [0.3, 0.4) is 0 Å². The highest BCUT2D eigenvalue weighted by atomic mass is 16.5. The Balaban J connectivity index is 2.10. The van der Waals surface area contributed by atoms with E-state index in [9.17, 15) is 19.6 Å². The molecule has 1 amide bonds. The normalized spacial score (nSPS) is 13.1. The lowest BCUT2D eigenvalue weighted by Gasteiger charge is -2.27. The predicted molar refractivity (Wildman–Crippen MR) is 94.5 cm³/mol. The van der Waals surface area contributed by atoms with Gasteiger partial charge >= 0.3 is 5.97 Å². The summed E-state index contributed by atoms with van der Waals surface area (Å²) in [6.07, 6.45) is 0. The van der Waals surface area contributed by atoms with Gasteiger partial charge in [0.1, 0.15) is 11.1 Å². The number of fused-ring (bicyclic) bond motifs is 1. The van der Waals surface area contributed by atoms with Crippen molar-refractivity contribution in [1.29, 1.82) is 5.26 Å². The number of aryl methyl sites for hydroxylation is 1. The van der Waals surface area contributed by atoms with E-state index in [2.05, 4.69) is 5.32 Å². The van der Waals surface area contributed by atoms with Crippen LogP contribution in [-0.2, 0) is 9.53 Å².